The van der Waals surface area contributed by atoms with Crippen molar-refractivity contribution in [1.29, 1.82) is 0 Å². The number of para-hydroxylation sites is 5. The maximum absolute atomic E-state index is 6.97. The molecule has 11 heteroatoms. The van der Waals surface area contributed by atoms with Crippen molar-refractivity contribution >= 4 is 98.5 Å². The van der Waals surface area contributed by atoms with E-state index in [0.29, 0.717) is 23.3 Å². The van der Waals surface area contributed by atoms with Gasteiger partial charge in [0.1, 0.15) is 22.2 Å². The molecule has 0 aliphatic rings. The fourth-order valence-electron chi connectivity index (χ4n) is 16.4. The molecule has 542 valence electrons. The maximum atomic E-state index is 6.97. The number of hydrogen-bond donors (Lipinski definition) is 0. The van der Waals surface area contributed by atoms with Crippen molar-refractivity contribution in [3.05, 3.63) is 394 Å². The molecule has 116 heavy (non-hydrogen) atoms. The predicted octanol–water partition coefficient (Wildman–Crippen LogP) is 27.0. The van der Waals surface area contributed by atoms with Gasteiger partial charge in [-0.1, -0.05) is 309 Å². The zero-order valence-corrected chi connectivity index (χ0v) is 62.4. The number of benzene rings is 15. The number of aromatic nitrogens is 9. The highest BCUT2D eigenvalue weighted by atomic mass is 16.3. The lowest BCUT2D eigenvalue weighted by atomic mass is 9.99. The fraction of sp³-hybridized carbons (Fsp3) is 0. The molecule has 0 atom stereocenters. The number of nitrogens with zero attached hydrogens (tertiary/aromatic N) is 9. The lowest BCUT2D eigenvalue weighted by Crippen LogP contribution is -2.00. The first kappa shape index (κ1) is 67.1. The van der Waals surface area contributed by atoms with Crippen molar-refractivity contribution in [2.24, 2.45) is 0 Å². The third-order valence-electron chi connectivity index (χ3n) is 22.1. The molecule has 0 fully saturated rings. The second-order valence-electron chi connectivity index (χ2n) is 29.0. The van der Waals surface area contributed by atoms with Crippen LogP contribution in [0, 0.1) is 0 Å². The van der Waals surface area contributed by atoms with Crippen LogP contribution in [0.15, 0.2) is 403 Å². The highest BCUT2D eigenvalue weighted by Crippen LogP contribution is 2.48. The molecule has 8 heterocycles. The summed E-state index contributed by atoms with van der Waals surface area (Å²) >= 11 is 0. The molecular formula is C105H65N9O2. The quantitative estimate of drug-likeness (QED) is 0.117. The van der Waals surface area contributed by atoms with Gasteiger partial charge in [0, 0.05) is 77.4 Å². The van der Waals surface area contributed by atoms with Crippen LogP contribution >= 0.6 is 0 Å². The molecule has 0 radical (unpaired) electrons. The van der Waals surface area contributed by atoms with E-state index < -0.39 is 0 Å². The van der Waals surface area contributed by atoms with E-state index in [1.807, 2.05) is 121 Å². The monoisotopic (exact) mass is 1480 g/mol. The molecule has 0 saturated heterocycles. The molecule has 0 spiro atoms. The van der Waals surface area contributed by atoms with Crippen LogP contribution in [0.3, 0.4) is 0 Å². The number of fused-ring (bicyclic) bond motifs is 15. The molecule has 0 saturated carbocycles. The molecule has 23 rings (SSSR count). The Labute approximate surface area is 665 Å². The molecular weight excluding hydrogens is 1420 g/mol. The molecule has 0 aliphatic heterocycles. The summed E-state index contributed by atoms with van der Waals surface area (Å²) in [5.41, 5.74) is 27.5. The molecule has 8 aromatic heterocycles. The molecule has 0 unspecified atom stereocenters. The van der Waals surface area contributed by atoms with Crippen molar-refractivity contribution in [2.75, 3.05) is 0 Å². The van der Waals surface area contributed by atoms with Gasteiger partial charge in [-0.3, -0.25) is 0 Å². The predicted molar refractivity (Wildman–Crippen MR) is 473 cm³/mol. The summed E-state index contributed by atoms with van der Waals surface area (Å²) < 4.78 is 18.5. The van der Waals surface area contributed by atoms with E-state index in [0.717, 1.165) is 189 Å². The van der Waals surface area contributed by atoms with Gasteiger partial charge in [-0.25, -0.2) is 34.9 Å². The molecule has 23 aromatic rings. The lowest BCUT2D eigenvalue weighted by molar-refractivity contribution is 0.676. The van der Waals surface area contributed by atoms with E-state index >= 15 is 0 Å². The number of pyridine rings is 2. The summed E-state index contributed by atoms with van der Waals surface area (Å²) in [5.74, 6) is 2.62. The summed E-state index contributed by atoms with van der Waals surface area (Å²) in [6, 6.07) is 136. The lowest BCUT2D eigenvalue weighted by Gasteiger charge is -2.12. The summed E-state index contributed by atoms with van der Waals surface area (Å²) in [7, 11) is 0. The number of hydrogen-bond acceptors (Lipinski definition) is 9. The van der Waals surface area contributed by atoms with E-state index in [2.05, 4.69) is 282 Å². The maximum Gasteiger partial charge on any atom is 0.164 e. The highest BCUT2D eigenvalue weighted by Gasteiger charge is 2.28. The zero-order valence-electron chi connectivity index (χ0n) is 62.4. The number of furan rings is 2. The van der Waals surface area contributed by atoms with E-state index in [1.54, 1.807) is 0 Å². The Morgan fingerprint density at radius 2 is 0.517 bits per heavy atom. The first-order chi connectivity index (χ1) is 57.5. The van der Waals surface area contributed by atoms with Crippen molar-refractivity contribution in [1.82, 2.24) is 44.0 Å². The smallest absolute Gasteiger partial charge is 0.164 e. The largest absolute Gasteiger partial charge is 0.453 e. The summed E-state index contributed by atoms with van der Waals surface area (Å²) in [6.45, 7) is 0. The average molecular weight is 1480 g/mol. The van der Waals surface area contributed by atoms with Gasteiger partial charge in [0.15, 0.2) is 34.5 Å². The molecule has 15 aromatic carbocycles. The molecule has 0 N–H and O–H groups in total. The van der Waals surface area contributed by atoms with Crippen LogP contribution in [0.2, 0.25) is 0 Å². The van der Waals surface area contributed by atoms with Crippen LogP contribution in [-0.4, -0.2) is 44.0 Å². The van der Waals surface area contributed by atoms with Gasteiger partial charge in [0.2, 0.25) is 0 Å². The van der Waals surface area contributed by atoms with Crippen molar-refractivity contribution in [2.45, 2.75) is 0 Å². The van der Waals surface area contributed by atoms with Gasteiger partial charge >= 0.3 is 0 Å². The van der Waals surface area contributed by atoms with E-state index in [9.17, 15) is 0 Å². The van der Waals surface area contributed by atoms with Crippen LogP contribution in [0.5, 0.6) is 0 Å². The highest BCUT2D eigenvalue weighted by molar-refractivity contribution is 6.26. The Balaban J connectivity index is 0.000000141. The van der Waals surface area contributed by atoms with E-state index in [-0.39, 0.29) is 0 Å². The second-order valence-corrected chi connectivity index (χ2v) is 29.0. The van der Waals surface area contributed by atoms with Crippen LogP contribution in [0.4, 0.5) is 0 Å². The summed E-state index contributed by atoms with van der Waals surface area (Å²) in [6.07, 6.45) is 0. The zero-order chi connectivity index (χ0) is 76.6. The van der Waals surface area contributed by atoms with Crippen molar-refractivity contribution in [3.63, 3.8) is 0 Å². The molecule has 0 bridgehead atoms. The standard InChI is InChI=1S/C55H34N4O.C50H31N5O/c1-3-14-38(15-4-1)47-34-48(58-55(57-47)40-16-5-2-6-17-40)39-26-23-36(24-27-39)37-29-31-43(32-30-37)59-49-22-12-10-20-45(49)54-52(59)50-51(42-28-25-35-13-7-8-18-41(35)33-42)56-46-21-11-9-19-44(46)53(50)60-54;1-4-14-35(15-5-1)48-52-49(36-16-6-2-7-17-36)54-50(53-48)37-30-26-33(27-31-37)32-24-28-34(29-25-32)44-43-45-47(56-46(43)39-20-10-12-22-41(39)51-44)40-21-11-13-23-42(40)55(45)38-18-8-3-9-19-38/h1-34H;1-31H. The summed E-state index contributed by atoms with van der Waals surface area (Å²) in [4.78, 5) is 35.3. The Bertz CT molecular complexity index is 7580. The van der Waals surface area contributed by atoms with Gasteiger partial charge < -0.3 is 18.0 Å². The normalized spacial score (nSPS) is 11.6. The summed E-state index contributed by atoms with van der Waals surface area (Å²) in [5, 5.41) is 8.50. The second kappa shape index (κ2) is 28.2. The van der Waals surface area contributed by atoms with Crippen LogP contribution in [0.1, 0.15) is 0 Å². The van der Waals surface area contributed by atoms with Crippen molar-refractivity contribution in [3.8, 4) is 124 Å². The van der Waals surface area contributed by atoms with Gasteiger partial charge in [-0.15, -0.1) is 0 Å². The van der Waals surface area contributed by atoms with Gasteiger partial charge in [0.05, 0.1) is 55.6 Å². The number of rotatable bonds is 12. The van der Waals surface area contributed by atoms with Crippen LogP contribution < -0.4 is 0 Å². The molecule has 0 amide bonds. The van der Waals surface area contributed by atoms with Gasteiger partial charge in [-0.2, -0.15) is 0 Å². The van der Waals surface area contributed by atoms with Gasteiger partial charge in [-0.05, 0) is 118 Å². The SMILES string of the molecule is c1ccc(-c2cc(-c3ccc(-c4ccc(-n5c6ccccc6c6oc7c8ccccc8nc(-c8ccc9ccccc9c8)c7c65)cc4)cc3)nc(-c3ccccc3)n2)cc1.c1ccc(-c2nc(-c3ccccc3)nc(-c3ccc(-c4ccc(-c5nc6ccccc6c6oc7c8ccccc8n(-c8ccccc8)c7c56)cc4)cc3)n2)cc1. The minimum absolute atomic E-state index is 0.630. The average Bonchev–Trinajstić information content (AvgIpc) is 1.55. The third-order valence-corrected chi connectivity index (χ3v) is 22.1. The Morgan fingerprint density at radius 1 is 0.198 bits per heavy atom. The van der Waals surface area contributed by atoms with Crippen LogP contribution in [-0.2, 0) is 0 Å². The van der Waals surface area contributed by atoms with Gasteiger partial charge in [0.25, 0.3) is 0 Å². The minimum atomic E-state index is 0.630. The first-order valence-electron chi connectivity index (χ1n) is 38.8. The van der Waals surface area contributed by atoms with Crippen molar-refractivity contribution < 1.29 is 8.83 Å². The Morgan fingerprint density at radius 3 is 0.991 bits per heavy atom. The first-order valence-corrected chi connectivity index (χ1v) is 38.8. The van der Waals surface area contributed by atoms with E-state index in [4.69, 9.17) is 43.7 Å². The van der Waals surface area contributed by atoms with E-state index in [1.165, 1.54) is 10.8 Å². The fourth-order valence-corrected chi connectivity index (χ4v) is 16.4. The van der Waals surface area contributed by atoms with Crippen LogP contribution in [0.25, 0.3) is 223 Å². The molecule has 0 aliphatic carbocycles. The minimum Gasteiger partial charge on any atom is -0.453 e. The Hall–Kier alpha value is -15.9. The third kappa shape index (κ3) is 11.8. The topological polar surface area (TPSA) is 126 Å². The molecule has 11 nitrogen and oxygen atoms in total. The Kier molecular flexibility index (Phi) is 16.3.